The summed E-state index contributed by atoms with van der Waals surface area (Å²) in [6, 6.07) is -0.659. The number of alkyl carbamates (subject to hydrolysis) is 1. The van der Waals surface area contributed by atoms with Crippen LogP contribution in [0, 0.1) is 5.92 Å². The summed E-state index contributed by atoms with van der Waals surface area (Å²) in [4.78, 5) is 24.7. The Hall–Kier alpha value is -1.33. The lowest BCUT2D eigenvalue weighted by Gasteiger charge is -2.26. The summed E-state index contributed by atoms with van der Waals surface area (Å²) in [5.41, 5.74) is 0. The number of rotatable bonds is 3. The van der Waals surface area contributed by atoms with E-state index in [1.807, 2.05) is 13.8 Å². The van der Waals surface area contributed by atoms with Gasteiger partial charge >= 0.3 is 6.09 Å². The van der Waals surface area contributed by atoms with Gasteiger partial charge in [0.05, 0.1) is 13.7 Å². The number of alkyl halides is 1. The summed E-state index contributed by atoms with van der Waals surface area (Å²) in [7, 11) is 1.24. The molecule has 1 fully saturated rings. The number of nitrogens with zero attached hydrogens (tertiary/aromatic N) is 1. The van der Waals surface area contributed by atoms with Crippen molar-refractivity contribution in [1.29, 1.82) is 0 Å². The monoisotopic (exact) mass is 246 g/mol. The summed E-state index contributed by atoms with van der Waals surface area (Å²) in [5.74, 6) is -0.314. The van der Waals surface area contributed by atoms with Crippen LogP contribution < -0.4 is 5.32 Å². The minimum atomic E-state index is -0.954. The maximum absolute atomic E-state index is 13.0. The first-order valence-corrected chi connectivity index (χ1v) is 5.73. The van der Waals surface area contributed by atoms with Crippen LogP contribution in [0.2, 0.25) is 0 Å². The van der Waals surface area contributed by atoms with Crippen LogP contribution in [0.4, 0.5) is 9.18 Å². The van der Waals surface area contributed by atoms with Gasteiger partial charge in [0.15, 0.2) is 0 Å². The molecule has 2 atom stereocenters. The average Bonchev–Trinajstić information content (AvgIpc) is 2.71. The van der Waals surface area contributed by atoms with E-state index in [2.05, 4.69) is 10.1 Å². The topological polar surface area (TPSA) is 58.6 Å². The van der Waals surface area contributed by atoms with Gasteiger partial charge in [0.1, 0.15) is 12.2 Å². The molecule has 1 N–H and O–H groups in total. The van der Waals surface area contributed by atoms with Crippen LogP contribution in [0.25, 0.3) is 0 Å². The number of carbonyl (C=O) groups is 2. The molecule has 0 unspecified atom stereocenters. The van der Waals surface area contributed by atoms with Crippen LogP contribution in [0.3, 0.4) is 0 Å². The first kappa shape index (κ1) is 13.7. The highest BCUT2D eigenvalue weighted by molar-refractivity contribution is 5.86. The van der Waals surface area contributed by atoms with Gasteiger partial charge in [-0.3, -0.25) is 4.79 Å². The maximum Gasteiger partial charge on any atom is 0.407 e. The first-order valence-electron chi connectivity index (χ1n) is 5.73. The molecule has 1 aliphatic rings. The van der Waals surface area contributed by atoms with Crippen molar-refractivity contribution in [2.75, 3.05) is 20.2 Å². The lowest BCUT2D eigenvalue weighted by atomic mass is 10.0. The highest BCUT2D eigenvalue weighted by Crippen LogP contribution is 2.15. The van der Waals surface area contributed by atoms with Gasteiger partial charge in [-0.25, -0.2) is 9.18 Å². The standard InChI is InChI=1S/C11H19FN2O3/c1-7(2)9(13-11(16)17-3)10(15)14-5-4-8(12)6-14/h7-9H,4-6H2,1-3H3,(H,13,16)/t8-,9-/m0/s1. The maximum atomic E-state index is 13.0. The molecule has 0 radical (unpaired) electrons. The molecule has 5 nitrogen and oxygen atoms in total. The van der Waals surface area contributed by atoms with E-state index in [1.54, 1.807) is 0 Å². The molecule has 0 aromatic carbocycles. The SMILES string of the molecule is COC(=O)N[C@H](C(=O)N1CC[C@H](F)C1)C(C)C. The highest BCUT2D eigenvalue weighted by atomic mass is 19.1. The number of nitrogens with one attached hydrogen (secondary N) is 1. The third kappa shape index (κ3) is 3.57. The smallest absolute Gasteiger partial charge is 0.407 e. The molecule has 0 aromatic heterocycles. The van der Waals surface area contributed by atoms with E-state index in [1.165, 1.54) is 12.0 Å². The van der Waals surface area contributed by atoms with Gasteiger partial charge in [0.2, 0.25) is 5.91 Å². The summed E-state index contributed by atoms with van der Waals surface area (Å²) in [5, 5.41) is 2.48. The van der Waals surface area contributed by atoms with Crippen molar-refractivity contribution >= 4 is 12.0 Å². The van der Waals surface area contributed by atoms with Gasteiger partial charge in [0.25, 0.3) is 0 Å². The lowest BCUT2D eigenvalue weighted by Crippen LogP contribution is -2.50. The Morgan fingerprint density at radius 2 is 2.12 bits per heavy atom. The zero-order valence-electron chi connectivity index (χ0n) is 10.4. The Morgan fingerprint density at radius 1 is 1.47 bits per heavy atom. The van der Waals surface area contributed by atoms with Crippen LogP contribution >= 0.6 is 0 Å². The zero-order valence-corrected chi connectivity index (χ0v) is 10.4. The minimum absolute atomic E-state index is 0.0692. The van der Waals surface area contributed by atoms with Gasteiger partial charge in [-0.1, -0.05) is 13.8 Å². The van der Waals surface area contributed by atoms with Crippen LogP contribution in [0.1, 0.15) is 20.3 Å². The number of methoxy groups -OCH3 is 1. The van der Waals surface area contributed by atoms with E-state index >= 15 is 0 Å². The molecule has 1 heterocycles. The number of carbonyl (C=O) groups excluding carboxylic acids is 2. The van der Waals surface area contributed by atoms with E-state index < -0.39 is 18.3 Å². The molecule has 0 aromatic rings. The molecule has 2 amide bonds. The minimum Gasteiger partial charge on any atom is -0.453 e. The summed E-state index contributed by atoms with van der Waals surface area (Å²) >= 11 is 0. The van der Waals surface area contributed by atoms with Crippen LogP contribution in [0.15, 0.2) is 0 Å². The Morgan fingerprint density at radius 3 is 2.53 bits per heavy atom. The second kappa shape index (κ2) is 5.84. The van der Waals surface area contributed by atoms with Crippen molar-refractivity contribution in [3.63, 3.8) is 0 Å². The number of ether oxygens (including phenoxy) is 1. The second-order valence-corrected chi connectivity index (χ2v) is 4.53. The van der Waals surface area contributed by atoms with Gasteiger partial charge in [-0.2, -0.15) is 0 Å². The van der Waals surface area contributed by atoms with Crippen LogP contribution in [-0.4, -0.2) is 49.3 Å². The third-order valence-electron chi connectivity index (χ3n) is 2.83. The fraction of sp³-hybridized carbons (Fsp3) is 0.818. The highest BCUT2D eigenvalue weighted by Gasteiger charge is 2.33. The summed E-state index contributed by atoms with van der Waals surface area (Å²) in [6.45, 7) is 4.17. The van der Waals surface area contributed by atoms with E-state index in [0.29, 0.717) is 13.0 Å². The summed E-state index contributed by atoms with van der Waals surface area (Å²) < 4.78 is 17.5. The molecular formula is C11H19FN2O3. The predicted octanol–water partition coefficient (Wildman–Crippen LogP) is 0.937. The molecule has 17 heavy (non-hydrogen) atoms. The van der Waals surface area contributed by atoms with E-state index in [0.717, 1.165) is 0 Å². The normalized spacial score (nSPS) is 21.5. The molecule has 1 aliphatic heterocycles. The molecule has 0 aliphatic carbocycles. The van der Waals surface area contributed by atoms with Crippen molar-refractivity contribution < 1.29 is 18.7 Å². The first-order chi connectivity index (χ1) is 7.95. The molecule has 1 rings (SSSR count). The number of hydrogen-bond acceptors (Lipinski definition) is 3. The molecule has 6 heteroatoms. The number of amides is 2. The lowest BCUT2D eigenvalue weighted by molar-refractivity contribution is -0.133. The van der Waals surface area contributed by atoms with Gasteiger partial charge in [-0.05, 0) is 12.3 Å². The Bertz CT molecular complexity index is 296. The van der Waals surface area contributed by atoms with Crippen molar-refractivity contribution in [2.45, 2.75) is 32.5 Å². The van der Waals surface area contributed by atoms with Crippen LogP contribution in [-0.2, 0) is 9.53 Å². The Kier molecular flexibility index (Phi) is 4.72. The quantitative estimate of drug-likeness (QED) is 0.806. The van der Waals surface area contributed by atoms with Crippen molar-refractivity contribution in [1.82, 2.24) is 10.2 Å². The van der Waals surface area contributed by atoms with Gasteiger partial charge < -0.3 is 15.0 Å². The van der Waals surface area contributed by atoms with Gasteiger partial charge in [-0.15, -0.1) is 0 Å². The fourth-order valence-electron chi connectivity index (χ4n) is 1.81. The predicted molar refractivity (Wildman–Crippen MR) is 60.3 cm³/mol. The second-order valence-electron chi connectivity index (χ2n) is 4.53. The number of halogens is 1. The molecule has 0 bridgehead atoms. The van der Waals surface area contributed by atoms with E-state index in [9.17, 15) is 14.0 Å². The fourth-order valence-corrected chi connectivity index (χ4v) is 1.81. The van der Waals surface area contributed by atoms with Crippen LogP contribution in [0.5, 0.6) is 0 Å². The summed E-state index contributed by atoms with van der Waals surface area (Å²) in [6.07, 6.45) is -1.23. The van der Waals surface area contributed by atoms with Crippen molar-refractivity contribution in [3.05, 3.63) is 0 Å². The van der Waals surface area contributed by atoms with Crippen molar-refractivity contribution in [3.8, 4) is 0 Å². The molecule has 98 valence electrons. The molecule has 0 saturated carbocycles. The third-order valence-corrected chi connectivity index (χ3v) is 2.83. The van der Waals surface area contributed by atoms with Gasteiger partial charge in [0, 0.05) is 6.54 Å². The molecular weight excluding hydrogens is 227 g/mol. The van der Waals surface area contributed by atoms with E-state index in [-0.39, 0.29) is 18.4 Å². The van der Waals surface area contributed by atoms with E-state index in [4.69, 9.17) is 0 Å². The Balaban J connectivity index is 2.63. The molecule has 1 saturated heterocycles. The zero-order chi connectivity index (χ0) is 13.0. The number of likely N-dealkylation sites (tertiary alicyclic amines) is 1. The Labute approximate surface area is 100 Å². The largest absolute Gasteiger partial charge is 0.453 e. The number of hydrogen-bond donors (Lipinski definition) is 1. The average molecular weight is 246 g/mol. The molecule has 0 spiro atoms. The van der Waals surface area contributed by atoms with Crippen molar-refractivity contribution in [2.24, 2.45) is 5.92 Å².